The minimum absolute atomic E-state index is 0.0560. The third-order valence-electron chi connectivity index (χ3n) is 3.87. The number of hydrogen-bond donors (Lipinski definition) is 0. The molecular weight excluding hydrogens is 280 g/mol. The van der Waals surface area contributed by atoms with Crippen molar-refractivity contribution in [2.24, 2.45) is 0 Å². The predicted molar refractivity (Wildman–Crippen MR) is 81.7 cm³/mol. The molecule has 1 aliphatic heterocycles. The maximum atomic E-state index is 12.5. The molecule has 1 fully saturated rings. The van der Waals surface area contributed by atoms with Crippen molar-refractivity contribution >= 4 is 11.8 Å². The van der Waals surface area contributed by atoms with Crippen molar-refractivity contribution in [1.82, 2.24) is 19.4 Å². The van der Waals surface area contributed by atoms with E-state index in [2.05, 4.69) is 4.98 Å². The Bertz CT molecular complexity index is 672. The SMILES string of the molecule is CC(=O)N1CCN(C(=O)c2cn(-c3ccccc3)cn2)CC1. The second-order valence-electron chi connectivity index (χ2n) is 5.30. The highest BCUT2D eigenvalue weighted by molar-refractivity contribution is 5.92. The molecule has 6 heteroatoms. The molecule has 1 aliphatic rings. The van der Waals surface area contributed by atoms with E-state index in [0.717, 1.165) is 5.69 Å². The van der Waals surface area contributed by atoms with Gasteiger partial charge in [0.05, 0.1) is 0 Å². The average Bonchev–Trinajstić information content (AvgIpc) is 3.05. The van der Waals surface area contributed by atoms with E-state index in [4.69, 9.17) is 0 Å². The van der Waals surface area contributed by atoms with E-state index in [9.17, 15) is 9.59 Å². The van der Waals surface area contributed by atoms with E-state index in [1.54, 1.807) is 29.2 Å². The molecule has 2 heterocycles. The van der Waals surface area contributed by atoms with Crippen LogP contribution in [0.15, 0.2) is 42.9 Å². The van der Waals surface area contributed by atoms with E-state index in [0.29, 0.717) is 31.9 Å². The highest BCUT2D eigenvalue weighted by Gasteiger charge is 2.24. The number of hydrogen-bond acceptors (Lipinski definition) is 3. The highest BCUT2D eigenvalue weighted by atomic mass is 16.2. The largest absolute Gasteiger partial charge is 0.339 e. The Morgan fingerprint density at radius 2 is 1.64 bits per heavy atom. The van der Waals surface area contributed by atoms with Crippen LogP contribution in [0.3, 0.4) is 0 Å². The summed E-state index contributed by atoms with van der Waals surface area (Å²) >= 11 is 0. The van der Waals surface area contributed by atoms with Crippen LogP contribution >= 0.6 is 0 Å². The number of rotatable bonds is 2. The van der Waals surface area contributed by atoms with E-state index >= 15 is 0 Å². The van der Waals surface area contributed by atoms with Crippen LogP contribution < -0.4 is 0 Å². The summed E-state index contributed by atoms with van der Waals surface area (Å²) < 4.78 is 1.83. The quantitative estimate of drug-likeness (QED) is 0.836. The molecule has 2 amide bonds. The van der Waals surface area contributed by atoms with Crippen molar-refractivity contribution in [3.63, 3.8) is 0 Å². The molecule has 22 heavy (non-hydrogen) atoms. The van der Waals surface area contributed by atoms with E-state index < -0.39 is 0 Å². The number of para-hydroxylation sites is 1. The van der Waals surface area contributed by atoms with Gasteiger partial charge in [-0.3, -0.25) is 9.59 Å². The molecule has 1 aromatic heterocycles. The second kappa shape index (κ2) is 6.01. The van der Waals surface area contributed by atoms with Gasteiger partial charge in [0.15, 0.2) is 0 Å². The first kappa shape index (κ1) is 14.3. The second-order valence-corrected chi connectivity index (χ2v) is 5.30. The topological polar surface area (TPSA) is 58.4 Å². The Morgan fingerprint density at radius 1 is 1.00 bits per heavy atom. The molecule has 3 rings (SSSR count). The first-order chi connectivity index (χ1) is 10.6. The van der Waals surface area contributed by atoms with Crippen LogP contribution in [0, 0.1) is 0 Å². The lowest BCUT2D eigenvalue weighted by Gasteiger charge is -2.33. The number of piperazine rings is 1. The monoisotopic (exact) mass is 298 g/mol. The molecule has 2 aromatic rings. The Morgan fingerprint density at radius 3 is 2.27 bits per heavy atom. The maximum absolute atomic E-state index is 12.5. The predicted octanol–water partition coefficient (Wildman–Crippen LogP) is 1.18. The van der Waals surface area contributed by atoms with Gasteiger partial charge in [0.2, 0.25) is 5.91 Å². The van der Waals surface area contributed by atoms with Crippen molar-refractivity contribution < 1.29 is 9.59 Å². The Labute approximate surface area is 129 Å². The molecule has 0 saturated carbocycles. The van der Waals surface area contributed by atoms with Crippen molar-refractivity contribution in [3.8, 4) is 5.69 Å². The summed E-state index contributed by atoms with van der Waals surface area (Å²) in [7, 11) is 0. The average molecular weight is 298 g/mol. The summed E-state index contributed by atoms with van der Waals surface area (Å²) in [6.45, 7) is 3.83. The van der Waals surface area contributed by atoms with Crippen LogP contribution in [-0.4, -0.2) is 57.3 Å². The van der Waals surface area contributed by atoms with Crippen molar-refractivity contribution in [3.05, 3.63) is 48.5 Å². The molecule has 1 aromatic carbocycles. The van der Waals surface area contributed by atoms with Gasteiger partial charge < -0.3 is 14.4 Å². The van der Waals surface area contributed by atoms with Gasteiger partial charge in [-0.15, -0.1) is 0 Å². The lowest BCUT2D eigenvalue weighted by Crippen LogP contribution is -2.50. The number of aromatic nitrogens is 2. The van der Waals surface area contributed by atoms with Gasteiger partial charge in [0, 0.05) is 45.0 Å². The number of imidazole rings is 1. The standard InChI is InChI=1S/C16H18N4O2/c1-13(21)18-7-9-19(10-8-18)16(22)15-11-20(12-17-15)14-5-3-2-4-6-14/h2-6,11-12H,7-10H2,1H3. The fourth-order valence-electron chi connectivity index (χ4n) is 2.56. The smallest absolute Gasteiger partial charge is 0.274 e. The molecule has 0 atom stereocenters. The third kappa shape index (κ3) is 2.86. The van der Waals surface area contributed by atoms with Gasteiger partial charge in [0.1, 0.15) is 12.0 Å². The third-order valence-corrected chi connectivity index (χ3v) is 3.87. The zero-order valence-electron chi connectivity index (χ0n) is 12.5. The number of amides is 2. The molecular formula is C16H18N4O2. The van der Waals surface area contributed by atoms with Crippen LogP contribution in [0.1, 0.15) is 17.4 Å². The van der Waals surface area contributed by atoms with Crippen LogP contribution in [-0.2, 0) is 4.79 Å². The summed E-state index contributed by atoms with van der Waals surface area (Å²) in [5.41, 5.74) is 1.40. The van der Waals surface area contributed by atoms with Crippen LogP contribution in [0.2, 0.25) is 0 Å². The molecule has 0 spiro atoms. The number of carbonyl (C=O) groups is 2. The van der Waals surface area contributed by atoms with Crippen LogP contribution in [0.5, 0.6) is 0 Å². The van der Waals surface area contributed by atoms with Crippen LogP contribution in [0.4, 0.5) is 0 Å². The summed E-state index contributed by atoms with van der Waals surface area (Å²) in [6.07, 6.45) is 3.39. The molecule has 0 aliphatic carbocycles. The Kier molecular flexibility index (Phi) is 3.91. The molecule has 6 nitrogen and oxygen atoms in total. The lowest BCUT2D eigenvalue weighted by molar-refractivity contribution is -0.130. The van der Waals surface area contributed by atoms with E-state index in [1.165, 1.54) is 0 Å². The van der Waals surface area contributed by atoms with Gasteiger partial charge in [-0.05, 0) is 12.1 Å². The zero-order valence-corrected chi connectivity index (χ0v) is 12.5. The molecule has 0 N–H and O–H groups in total. The number of carbonyl (C=O) groups excluding carboxylic acids is 2. The summed E-state index contributed by atoms with van der Waals surface area (Å²) in [6, 6.07) is 9.75. The minimum atomic E-state index is -0.0853. The molecule has 0 bridgehead atoms. The number of benzene rings is 1. The maximum Gasteiger partial charge on any atom is 0.274 e. The normalized spacial score (nSPS) is 15.0. The first-order valence-corrected chi connectivity index (χ1v) is 7.29. The van der Waals surface area contributed by atoms with Crippen LogP contribution in [0.25, 0.3) is 5.69 Å². The lowest BCUT2D eigenvalue weighted by atomic mass is 10.3. The van der Waals surface area contributed by atoms with Gasteiger partial charge in [-0.2, -0.15) is 0 Å². The highest BCUT2D eigenvalue weighted by Crippen LogP contribution is 2.11. The molecule has 0 radical (unpaired) electrons. The van der Waals surface area contributed by atoms with Gasteiger partial charge >= 0.3 is 0 Å². The fraction of sp³-hybridized carbons (Fsp3) is 0.312. The molecule has 0 unspecified atom stereocenters. The molecule has 114 valence electrons. The van der Waals surface area contributed by atoms with Gasteiger partial charge in [-0.1, -0.05) is 18.2 Å². The summed E-state index contributed by atoms with van der Waals surface area (Å²) in [4.78, 5) is 31.5. The summed E-state index contributed by atoms with van der Waals surface area (Å²) in [5, 5.41) is 0. The van der Waals surface area contributed by atoms with E-state index in [-0.39, 0.29) is 11.8 Å². The summed E-state index contributed by atoms with van der Waals surface area (Å²) in [5.74, 6) is -0.0293. The molecule has 1 saturated heterocycles. The van der Waals surface area contributed by atoms with Gasteiger partial charge in [-0.25, -0.2) is 4.98 Å². The fourth-order valence-corrected chi connectivity index (χ4v) is 2.56. The Balaban J connectivity index is 1.69. The first-order valence-electron chi connectivity index (χ1n) is 7.29. The van der Waals surface area contributed by atoms with Crippen molar-refractivity contribution in [2.75, 3.05) is 26.2 Å². The van der Waals surface area contributed by atoms with Crippen molar-refractivity contribution in [2.45, 2.75) is 6.92 Å². The number of nitrogens with zero attached hydrogens (tertiary/aromatic N) is 4. The van der Waals surface area contributed by atoms with Gasteiger partial charge in [0.25, 0.3) is 5.91 Å². The minimum Gasteiger partial charge on any atom is -0.339 e. The van der Waals surface area contributed by atoms with Crippen molar-refractivity contribution in [1.29, 1.82) is 0 Å². The van der Waals surface area contributed by atoms with E-state index in [1.807, 2.05) is 34.9 Å². The zero-order chi connectivity index (χ0) is 15.5. The Hall–Kier alpha value is -2.63.